The highest BCUT2D eigenvalue weighted by Crippen LogP contribution is 2.17. The first-order valence-electron chi connectivity index (χ1n) is 10.1. The van der Waals surface area contributed by atoms with Crippen LogP contribution in [0, 0.1) is 5.92 Å². The van der Waals surface area contributed by atoms with Crippen LogP contribution < -0.4 is 10.9 Å². The Morgan fingerprint density at radius 2 is 2.09 bits per heavy atom. The number of methoxy groups -OCH3 is 1. The van der Waals surface area contributed by atoms with E-state index in [0.29, 0.717) is 24.7 Å². The molecule has 3 rings (SSSR count). The van der Waals surface area contributed by atoms with Crippen molar-refractivity contribution in [2.24, 2.45) is 5.92 Å². The molecule has 2 aliphatic heterocycles. The maximum Gasteiger partial charge on any atom is 0.490 e. The Balaban J connectivity index is 0.000000451. The highest BCUT2D eigenvalue weighted by molar-refractivity contribution is 5.77. The Hall–Kier alpha value is -2.51. The number of nitrogens with one attached hydrogen (secondary N) is 1. The maximum atomic E-state index is 12.4. The zero-order valence-electron chi connectivity index (χ0n) is 17.7. The number of hydrogen-bond donors (Lipinski definition) is 2. The lowest BCUT2D eigenvalue weighted by atomic mass is 10.1. The van der Waals surface area contributed by atoms with Gasteiger partial charge < -0.3 is 19.9 Å². The topological polar surface area (TPSA) is 123 Å². The van der Waals surface area contributed by atoms with Gasteiger partial charge in [-0.15, -0.1) is 0 Å². The number of aliphatic carboxylic acids is 1. The molecule has 13 heteroatoms. The molecule has 1 unspecified atom stereocenters. The number of hydrogen-bond acceptors (Lipinski definition) is 7. The molecule has 0 saturated carbocycles. The molecule has 3 heterocycles. The fourth-order valence-electron chi connectivity index (χ4n) is 3.41. The molecular formula is C19H27F3N4O6. The van der Waals surface area contributed by atoms with E-state index < -0.39 is 12.1 Å². The first kappa shape index (κ1) is 25.7. The van der Waals surface area contributed by atoms with Crippen LogP contribution in [-0.2, 0) is 38.7 Å². The molecule has 1 fully saturated rings. The summed E-state index contributed by atoms with van der Waals surface area (Å²) in [5.41, 5.74) is 0.541. The Bertz CT molecular complexity index is 839. The van der Waals surface area contributed by atoms with Crippen molar-refractivity contribution in [1.82, 2.24) is 19.8 Å². The minimum absolute atomic E-state index is 0.00115. The molecule has 0 bridgehead atoms. The molecule has 1 aromatic heterocycles. The number of aromatic nitrogens is 2. The van der Waals surface area contributed by atoms with Crippen molar-refractivity contribution in [3.05, 3.63) is 27.9 Å². The Kier molecular flexibility index (Phi) is 9.60. The molecule has 1 amide bonds. The van der Waals surface area contributed by atoms with Gasteiger partial charge in [-0.1, -0.05) is 0 Å². The number of alkyl halides is 3. The van der Waals surface area contributed by atoms with E-state index in [2.05, 4.69) is 15.2 Å². The SMILES string of the molecule is COCC(=O)NCc1cc(=O)n2c(n1)CN(CC1CCOC1)CCC2.O=C(O)C(F)(F)F. The van der Waals surface area contributed by atoms with Crippen LogP contribution in [0.5, 0.6) is 0 Å². The second kappa shape index (κ2) is 11.9. The quantitative estimate of drug-likeness (QED) is 0.620. The predicted octanol–water partition coefficient (Wildman–Crippen LogP) is 0.381. The van der Waals surface area contributed by atoms with Crippen molar-refractivity contribution in [3.8, 4) is 0 Å². The number of ether oxygens (including phenoxy) is 2. The number of nitrogens with zero attached hydrogens (tertiary/aromatic N) is 3. The van der Waals surface area contributed by atoms with Crippen LogP contribution in [0.25, 0.3) is 0 Å². The first-order chi connectivity index (χ1) is 15.1. The normalized spacial score (nSPS) is 18.8. The molecule has 10 nitrogen and oxygen atoms in total. The summed E-state index contributed by atoms with van der Waals surface area (Å²) in [6, 6.07) is 1.51. The third-order valence-corrected chi connectivity index (χ3v) is 4.89. The molecule has 1 saturated heterocycles. The van der Waals surface area contributed by atoms with Crippen LogP contribution in [0.15, 0.2) is 10.9 Å². The number of amides is 1. The van der Waals surface area contributed by atoms with Crippen molar-refractivity contribution in [2.75, 3.05) is 40.0 Å². The number of halogens is 3. The minimum Gasteiger partial charge on any atom is -0.475 e. The zero-order valence-corrected chi connectivity index (χ0v) is 17.7. The number of rotatable bonds is 6. The fraction of sp³-hybridized carbons (Fsp3) is 0.684. The zero-order chi connectivity index (χ0) is 23.7. The van der Waals surface area contributed by atoms with E-state index >= 15 is 0 Å². The molecule has 180 valence electrons. The molecular weight excluding hydrogens is 437 g/mol. The van der Waals surface area contributed by atoms with Crippen LogP contribution in [-0.4, -0.2) is 77.6 Å². The molecule has 0 aliphatic carbocycles. The summed E-state index contributed by atoms with van der Waals surface area (Å²) in [4.78, 5) is 39.8. The number of carboxylic acids is 1. The first-order valence-corrected chi connectivity index (χ1v) is 10.1. The van der Waals surface area contributed by atoms with Gasteiger partial charge in [-0.2, -0.15) is 13.2 Å². The van der Waals surface area contributed by atoms with E-state index in [-0.39, 0.29) is 24.6 Å². The molecule has 0 spiro atoms. The van der Waals surface area contributed by atoms with Crippen LogP contribution in [0.2, 0.25) is 0 Å². The van der Waals surface area contributed by atoms with Crippen LogP contribution in [0.3, 0.4) is 0 Å². The van der Waals surface area contributed by atoms with E-state index in [0.717, 1.165) is 45.0 Å². The lowest BCUT2D eigenvalue weighted by Crippen LogP contribution is -2.32. The van der Waals surface area contributed by atoms with E-state index in [4.69, 9.17) is 19.4 Å². The highest BCUT2D eigenvalue weighted by atomic mass is 19.4. The molecule has 1 aromatic rings. The maximum absolute atomic E-state index is 12.4. The van der Waals surface area contributed by atoms with Gasteiger partial charge in [0.15, 0.2) is 0 Å². The average molecular weight is 464 g/mol. The Morgan fingerprint density at radius 1 is 1.38 bits per heavy atom. The summed E-state index contributed by atoms with van der Waals surface area (Å²) in [5, 5.41) is 9.84. The smallest absolute Gasteiger partial charge is 0.475 e. The van der Waals surface area contributed by atoms with Gasteiger partial charge in [-0.05, 0) is 18.8 Å². The van der Waals surface area contributed by atoms with Gasteiger partial charge in [0.05, 0.1) is 25.4 Å². The highest BCUT2D eigenvalue weighted by Gasteiger charge is 2.38. The van der Waals surface area contributed by atoms with E-state index in [1.807, 2.05) is 0 Å². The van der Waals surface area contributed by atoms with Crippen LogP contribution in [0.4, 0.5) is 13.2 Å². The summed E-state index contributed by atoms with van der Waals surface area (Å²) >= 11 is 0. The van der Waals surface area contributed by atoms with Gasteiger partial charge in [0.25, 0.3) is 5.56 Å². The molecule has 32 heavy (non-hydrogen) atoms. The second-order valence-corrected chi connectivity index (χ2v) is 7.48. The van der Waals surface area contributed by atoms with Crippen molar-refractivity contribution >= 4 is 11.9 Å². The van der Waals surface area contributed by atoms with Gasteiger partial charge in [-0.25, -0.2) is 9.78 Å². The second-order valence-electron chi connectivity index (χ2n) is 7.48. The van der Waals surface area contributed by atoms with Crippen LogP contribution in [0.1, 0.15) is 24.4 Å². The summed E-state index contributed by atoms with van der Waals surface area (Å²) in [5.74, 6) is -1.63. The van der Waals surface area contributed by atoms with Crippen molar-refractivity contribution in [2.45, 2.75) is 38.7 Å². The van der Waals surface area contributed by atoms with Gasteiger partial charge in [0, 0.05) is 39.4 Å². The summed E-state index contributed by atoms with van der Waals surface area (Å²) in [6.07, 6.45) is -3.05. The van der Waals surface area contributed by atoms with Gasteiger partial charge >= 0.3 is 12.1 Å². The minimum atomic E-state index is -5.08. The Labute approximate surface area is 182 Å². The summed E-state index contributed by atoms with van der Waals surface area (Å²) in [7, 11) is 1.47. The molecule has 0 radical (unpaired) electrons. The van der Waals surface area contributed by atoms with Crippen molar-refractivity contribution < 1.29 is 37.3 Å². The van der Waals surface area contributed by atoms with Crippen molar-refractivity contribution in [3.63, 3.8) is 0 Å². The number of carboxylic acid groups (broad SMARTS) is 1. The standard InChI is InChI=1S/C17H26N4O4.C2HF3O2/c1-24-12-16(22)18-8-14-7-17(23)21-5-2-4-20(10-15(21)19-14)9-13-3-6-25-11-13;3-2(4,5)1(6)7/h7,13H,2-6,8-12H2,1H3,(H,18,22);(H,6,7). The van der Waals surface area contributed by atoms with E-state index in [1.165, 1.54) is 13.2 Å². The van der Waals surface area contributed by atoms with Crippen LogP contribution >= 0.6 is 0 Å². The average Bonchev–Trinajstić information content (AvgIpc) is 3.12. The lowest BCUT2D eigenvalue weighted by molar-refractivity contribution is -0.192. The van der Waals surface area contributed by atoms with Crippen molar-refractivity contribution in [1.29, 1.82) is 0 Å². The summed E-state index contributed by atoms with van der Waals surface area (Å²) in [6.45, 7) is 5.19. The molecule has 2 N–H and O–H groups in total. The largest absolute Gasteiger partial charge is 0.490 e. The Morgan fingerprint density at radius 3 is 2.69 bits per heavy atom. The van der Waals surface area contributed by atoms with E-state index in [9.17, 15) is 22.8 Å². The number of carbonyl (C=O) groups excluding carboxylic acids is 1. The third kappa shape index (κ3) is 8.20. The summed E-state index contributed by atoms with van der Waals surface area (Å²) < 4.78 is 43.7. The van der Waals surface area contributed by atoms with Gasteiger partial charge in [0.2, 0.25) is 5.91 Å². The van der Waals surface area contributed by atoms with Gasteiger partial charge in [0.1, 0.15) is 12.4 Å². The number of carbonyl (C=O) groups is 2. The third-order valence-electron chi connectivity index (χ3n) is 4.89. The molecule has 2 aliphatic rings. The predicted molar refractivity (Wildman–Crippen MR) is 105 cm³/mol. The molecule has 0 aromatic carbocycles. The monoisotopic (exact) mass is 464 g/mol. The van der Waals surface area contributed by atoms with Gasteiger partial charge in [-0.3, -0.25) is 19.1 Å². The fourth-order valence-corrected chi connectivity index (χ4v) is 3.41. The van der Waals surface area contributed by atoms with E-state index in [1.54, 1.807) is 4.57 Å². The number of fused-ring (bicyclic) bond motifs is 1. The molecule has 1 atom stereocenters. The lowest BCUT2D eigenvalue weighted by Gasteiger charge is -2.22.